The molecule has 0 spiro atoms. The molecule has 7 heteroatoms. The average molecular weight is 307 g/mol. The van der Waals surface area contributed by atoms with Crippen molar-refractivity contribution in [2.45, 2.75) is 31.3 Å². The number of nitrogen functional groups attached to an aromatic ring is 1. The van der Waals surface area contributed by atoms with Crippen LogP contribution in [-0.4, -0.2) is 27.7 Å². The van der Waals surface area contributed by atoms with E-state index in [-0.39, 0.29) is 17.1 Å². The van der Waals surface area contributed by atoms with Gasteiger partial charge in [0, 0.05) is 13.7 Å². The van der Waals surface area contributed by atoms with Crippen LogP contribution in [0.1, 0.15) is 19.4 Å². The number of nitrogens with two attached hydrogens (primary N) is 1. The van der Waals surface area contributed by atoms with Crippen LogP contribution in [0.2, 0.25) is 5.02 Å². The number of hydrogen-bond donors (Lipinski definition) is 2. The molecule has 0 aliphatic rings. The van der Waals surface area contributed by atoms with E-state index in [9.17, 15) is 8.42 Å². The SMILES string of the molecule is COC(C)(C)CNS(=O)(=O)c1cc(C)c(Cl)c(N)c1. The number of halogens is 1. The summed E-state index contributed by atoms with van der Waals surface area (Å²) in [7, 11) is -2.11. The van der Waals surface area contributed by atoms with Gasteiger partial charge in [-0.05, 0) is 38.5 Å². The maximum absolute atomic E-state index is 12.1. The van der Waals surface area contributed by atoms with E-state index in [1.54, 1.807) is 20.8 Å². The summed E-state index contributed by atoms with van der Waals surface area (Å²) in [5.41, 5.74) is 5.96. The lowest BCUT2D eigenvalue weighted by molar-refractivity contribution is 0.0276. The third-order valence-electron chi connectivity index (χ3n) is 2.81. The lowest BCUT2D eigenvalue weighted by Crippen LogP contribution is -2.39. The van der Waals surface area contributed by atoms with Crippen molar-refractivity contribution >= 4 is 27.3 Å². The van der Waals surface area contributed by atoms with Gasteiger partial charge in [-0.1, -0.05) is 11.6 Å². The van der Waals surface area contributed by atoms with Gasteiger partial charge >= 0.3 is 0 Å². The Morgan fingerprint density at radius 2 is 2.00 bits per heavy atom. The number of rotatable bonds is 5. The van der Waals surface area contributed by atoms with E-state index in [4.69, 9.17) is 22.1 Å². The van der Waals surface area contributed by atoms with E-state index in [0.29, 0.717) is 10.6 Å². The second-order valence-corrected chi connectivity index (χ2v) is 7.08. The van der Waals surface area contributed by atoms with Gasteiger partial charge < -0.3 is 10.5 Å². The van der Waals surface area contributed by atoms with Crippen molar-refractivity contribution in [3.05, 3.63) is 22.7 Å². The summed E-state index contributed by atoms with van der Waals surface area (Å²) in [4.78, 5) is 0.0961. The smallest absolute Gasteiger partial charge is 0.240 e. The number of ether oxygens (including phenoxy) is 1. The summed E-state index contributed by atoms with van der Waals surface area (Å²) in [5, 5.41) is 0.371. The quantitative estimate of drug-likeness (QED) is 0.815. The second-order valence-electron chi connectivity index (χ2n) is 4.93. The van der Waals surface area contributed by atoms with Crippen LogP contribution < -0.4 is 10.5 Å². The Balaban J connectivity index is 3.02. The normalized spacial score (nSPS) is 12.7. The zero-order valence-electron chi connectivity index (χ0n) is 11.5. The zero-order valence-corrected chi connectivity index (χ0v) is 13.0. The molecular weight excluding hydrogens is 288 g/mol. The standard InChI is InChI=1S/C12H19ClN2O3S/c1-8-5-9(6-10(14)11(8)13)19(16,17)15-7-12(2,3)18-4/h5-6,15H,7,14H2,1-4H3. The molecule has 0 unspecified atom stereocenters. The van der Waals surface area contributed by atoms with Gasteiger partial charge in [-0.2, -0.15) is 0 Å². The van der Waals surface area contributed by atoms with Gasteiger partial charge in [-0.25, -0.2) is 13.1 Å². The summed E-state index contributed by atoms with van der Waals surface area (Å²) in [6.45, 7) is 5.44. The first-order valence-electron chi connectivity index (χ1n) is 5.69. The topological polar surface area (TPSA) is 81.4 Å². The maximum atomic E-state index is 12.1. The van der Waals surface area contributed by atoms with Crippen molar-refractivity contribution in [2.75, 3.05) is 19.4 Å². The number of anilines is 1. The molecule has 19 heavy (non-hydrogen) atoms. The minimum atomic E-state index is -3.63. The summed E-state index contributed by atoms with van der Waals surface area (Å²) < 4.78 is 31.9. The summed E-state index contributed by atoms with van der Waals surface area (Å²) in [6.07, 6.45) is 0. The monoisotopic (exact) mass is 306 g/mol. The largest absolute Gasteiger partial charge is 0.397 e. The first kappa shape index (κ1) is 16.2. The van der Waals surface area contributed by atoms with Crippen LogP contribution in [0.3, 0.4) is 0 Å². The molecule has 0 saturated carbocycles. The van der Waals surface area contributed by atoms with E-state index in [1.807, 2.05) is 0 Å². The molecule has 0 fully saturated rings. The molecule has 0 bridgehead atoms. The Morgan fingerprint density at radius 3 is 2.47 bits per heavy atom. The van der Waals surface area contributed by atoms with Gasteiger partial charge in [-0.3, -0.25) is 0 Å². The lowest BCUT2D eigenvalue weighted by Gasteiger charge is -2.23. The van der Waals surface area contributed by atoms with Gasteiger partial charge in [0.05, 0.1) is 21.2 Å². The van der Waals surface area contributed by atoms with E-state index in [2.05, 4.69) is 4.72 Å². The molecule has 1 aromatic rings. The Morgan fingerprint density at radius 1 is 1.42 bits per heavy atom. The second kappa shape index (κ2) is 5.66. The van der Waals surface area contributed by atoms with Crippen LogP contribution in [0.15, 0.2) is 17.0 Å². The zero-order chi connectivity index (χ0) is 14.8. The van der Waals surface area contributed by atoms with Gasteiger partial charge in [0.25, 0.3) is 0 Å². The fraction of sp³-hybridized carbons (Fsp3) is 0.500. The summed E-state index contributed by atoms with van der Waals surface area (Å²) in [5.74, 6) is 0. The van der Waals surface area contributed by atoms with Crippen molar-refractivity contribution in [1.29, 1.82) is 0 Å². The molecule has 0 saturated heterocycles. The Labute approximate surface area is 119 Å². The summed E-state index contributed by atoms with van der Waals surface area (Å²) in [6, 6.07) is 2.83. The minimum Gasteiger partial charge on any atom is -0.397 e. The lowest BCUT2D eigenvalue weighted by atomic mass is 10.1. The van der Waals surface area contributed by atoms with Crippen LogP contribution in [-0.2, 0) is 14.8 Å². The molecule has 1 rings (SSSR count). The molecule has 0 amide bonds. The third kappa shape index (κ3) is 4.07. The van der Waals surface area contributed by atoms with Crippen molar-refractivity contribution in [2.24, 2.45) is 0 Å². The van der Waals surface area contributed by atoms with Gasteiger partial charge in [-0.15, -0.1) is 0 Å². The van der Waals surface area contributed by atoms with E-state index in [0.717, 1.165) is 0 Å². The number of nitrogens with one attached hydrogen (secondary N) is 1. The van der Waals surface area contributed by atoms with Crippen molar-refractivity contribution in [3.8, 4) is 0 Å². The Kier molecular flexibility index (Phi) is 4.84. The molecule has 5 nitrogen and oxygen atoms in total. The van der Waals surface area contributed by atoms with Crippen molar-refractivity contribution in [1.82, 2.24) is 4.72 Å². The molecule has 0 aliphatic heterocycles. The minimum absolute atomic E-state index is 0.0961. The van der Waals surface area contributed by atoms with E-state index < -0.39 is 15.6 Å². The molecule has 3 N–H and O–H groups in total. The molecule has 108 valence electrons. The number of hydrogen-bond acceptors (Lipinski definition) is 4. The van der Waals surface area contributed by atoms with Crippen molar-refractivity contribution in [3.63, 3.8) is 0 Å². The highest BCUT2D eigenvalue weighted by atomic mass is 35.5. The van der Waals surface area contributed by atoms with Crippen LogP contribution in [0.4, 0.5) is 5.69 Å². The Bertz CT molecular complexity index is 547. The first-order chi connectivity index (χ1) is 8.59. The predicted octanol–water partition coefficient (Wildman–Crippen LogP) is 1.93. The van der Waals surface area contributed by atoms with Gasteiger partial charge in [0.1, 0.15) is 0 Å². The van der Waals surface area contributed by atoms with Crippen LogP contribution in [0.25, 0.3) is 0 Å². The average Bonchev–Trinajstić information content (AvgIpc) is 2.33. The van der Waals surface area contributed by atoms with Gasteiger partial charge in [0.2, 0.25) is 10.0 Å². The third-order valence-corrected chi connectivity index (χ3v) is 4.70. The van der Waals surface area contributed by atoms with E-state index >= 15 is 0 Å². The van der Waals surface area contributed by atoms with Gasteiger partial charge in [0.15, 0.2) is 0 Å². The van der Waals surface area contributed by atoms with Crippen molar-refractivity contribution < 1.29 is 13.2 Å². The highest BCUT2D eigenvalue weighted by Crippen LogP contribution is 2.26. The van der Waals surface area contributed by atoms with Crippen LogP contribution in [0.5, 0.6) is 0 Å². The number of aryl methyl sites for hydroxylation is 1. The molecule has 0 aliphatic carbocycles. The van der Waals surface area contributed by atoms with Crippen LogP contribution in [0, 0.1) is 6.92 Å². The summed E-state index contributed by atoms with van der Waals surface area (Å²) >= 11 is 5.91. The fourth-order valence-electron chi connectivity index (χ4n) is 1.34. The molecule has 0 atom stereocenters. The first-order valence-corrected chi connectivity index (χ1v) is 7.55. The maximum Gasteiger partial charge on any atom is 0.240 e. The molecule has 1 aromatic carbocycles. The molecule has 0 aromatic heterocycles. The molecule has 0 radical (unpaired) electrons. The Hall–Kier alpha value is -0.820. The molecule has 0 heterocycles. The highest BCUT2D eigenvalue weighted by molar-refractivity contribution is 7.89. The number of sulfonamides is 1. The molecular formula is C12H19ClN2O3S. The van der Waals surface area contributed by atoms with Crippen LogP contribution >= 0.6 is 11.6 Å². The predicted molar refractivity (Wildman–Crippen MR) is 76.9 cm³/mol. The number of methoxy groups -OCH3 is 1. The fourth-order valence-corrected chi connectivity index (χ4v) is 2.77. The number of benzene rings is 1. The van der Waals surface area contributed by atoms with E-state index in [1.165, 1.54) is 19.2 Å². The highest BCUT2D eigenvalue weighted by Gasteiger charge is 2.22.